The molecule has 0 aliphatic rings. The number of sulfonamides is 1. The van der Waals surface area contributed by atoms with Gasteiger partial charge in [0.15, 0.2) is 5.16 Å². The first-order chi connectivity index (χ1) is 14.8. The molecule has 1 amide bonds. The van der Waals surface area contributed by atoms with Crippen LogP contribution in [0.25, 0.3) is 11.0 Å². The number of hydrogen-bond donors (Lipinski definition) is 1. The molecule has 3 aromatic rings. The van der Waals surface area contributed by atoms with Crippen LogP contribution in [-0.2, 0) is 21.4 Å². The van der Waals surface area contributed by atoms with Gasteiger partial charge >= 0.3 is 0 Å². The Bertz CT molecular complexity index is 1190. The number of thioether (sulfide) groups is 1. The number of aromatic nitrogens is 2. The first-order valence-corrected chi connectivity index (χ1v) is 12.4. The molecule has 0 aliphatic heterocycles. The lowest BCUT2D eigenvalue weighted by atomic mass is 10.3. The number of benzene rings is 2. The zero-order chi connectivity index (χ0) is 22.6. The molecule has 31 heavy (non-hydrogen) atoms. The summed E-state index contributed by atoms with van der Waals surface area (Å²) in [7, 11) is -3.59. The van der Waals surface area contributed by atoms with Crippen LogP contribution >= 0.6 is 11.8 Å². The van der Waals surface area contributed by atoms with E-state index in [-0.39, 0.29) is 22.2 Å². The van der Waals surface area contributed by atoms with Crippen LogP contribution in [0.1, 0.15) is 20.8 Å². The lowest BCUT2D eigenvalue weighted by Crippen LogP contribution is -2.30. The fraction of sp³-hybridized carbons (Fsp3) is 0.333. The lowest BCUT2D eigenvalue weighted by molar-refractivity contribution is -0.113. The standard InChI is InChI=1S/C21H25FN4O3S2/c1-4-25(5-2)31(28,29)15-11-12-19-18(13-15)24-21(26(19)6-3)30-14-20(27)23-17-10-8-7-9-16(17)22/h7-13H,4-6,14H2,1-3H3,(H,23,27). The number of anilines is 1. The molecule has 0 aliphatic carbocycles. The van der Waals surface area contributed by atoms with Crippen molar-refractivity contribution in [1.29, 1.82) is 0 Å². The van der Waals surface area contributed by atoms with E-state index in [9.17, 15) is 17.6 Å². The van der Waals surface area contributed by atoms with Crippen LogP contribution in [0, 0.1) is 5.82 Å². The molecule has 0 fully saturated rings. The summed E-state index contributed by atoms with van der Waals surface area (Å²) in [5.41, 5.74) is 1.47. The average Bonchev–Trinajstić information content (AvgIpc) is 3.11. The molecule has 10 heteroatoms. The highest BCUT2D eigenvalue weighted by Gasteiger charge is 2.23. The van der Waals surface area contributed by atoms with Crippen LogP contribution in [0.2, 0.25) is 0 Å². The van der Waals surface area contributed by atoms with E-state index >= 15 is 0 Å². The number of rotatable bonds is 9. The normalized spacial score (nSPS) is 11.9. The third kappa shape index (κ3) is 4.91. The van der Waals surface area contributed by atoms with Gasteiger partial charge in [-0.25, -0.2) is 17.8 Å². The van der Waals surface area contributed by atoms with Gasteiger partial charge in [0.25, 0.3) is 0 Å². The van der Waals surface area contributed by atoms with Crippen molar-refractivity contribution in [3.8, 4) is 0 Å². The van der Waals surface area contributed by atoms with Gasteiger partial charge in [-0.1, -0.05) is 37.7 Å². The minimum absolute atomic E-state index is 0.0439. The topological polar surface area (TPSA) is 84.3 Å². The molecule has 0 saturated carbocycles. The summed E-state index contributed by atoms with van der Waals surface area (Å²) in [5, 5.41) is 3.15. The minimum Gasteiger partial charge on any atom is -0.323 e. The molecule has 3 rings (SSSR count). The molecule has 0 unspecified atom stereocenters. The molecule has 0 spiro atoms. The number of hydrogen-bond acceptors (Lipinski definition) is 5. The minimum atomic E-state index is -3.59. The second-order valence-corrected chi connectivity index (χ2v) is 9.58. The Kier molecular flexibility index (Phi) is 7.34. The average molecular weight is 465 g/mol. The van der Waals surface area contributed by atoms with Gasteiger partial charge < -0.3 is 9.88 Å². The molecule has 0 saturated heterocycles. The molecule has 7 nitrogen and oxygen atoms in total. The van der Waals surface area contributed by atoms with Gasteiger partial charge in [0, 0.05) is 19.6 Å². The fourth-order valence-corrected chi connectivity index (χ4v) is 5.61. The Labute approximate surface area is 185 Å². The Hall–Kier alpha value is -2.43. The van der Waals surface area contributed by atoms with Crippen LogP contribution in [0.5, 0.6) is 0 Å². The van der Waals surface area contributed by atoms with E-state index < -0.39 is 15.8 Å². The third-order valence-electron chi connectivity index (χ3n) is 4.82. The number of carbonyl (C=O) groups is 1. The van der Waals surface area contributed by atoms with Crippen molar-refractivity contribution < 1.29 is 17.6 Å². The molecule has 2 aromatic carbocycles. The van der Waals surface area contributed by atoms with E-state index in [0.717, 1.165) is 5.52 Å². The summed E-state index contributed by atoms with van der Waals surface area (Å²) < 4.78 is 42.7. The maximum absolute atomic E-state index is 13.7. The van der Waals surface area contributed by atoms with Gasteiger partial charge in [0.1, 0.15) is 5.82 Å². The second kappa shape index (κ2) is 9.80. The molecule has 166 valence electrons. The molecule has 1 N–H and O–H groups in total. The quantitative estimate of drug-likeness (QED) is 0.485. The predicted molar refractivity (Wildman–Crippen MR) is 121 cm³/mol. The third-order valence-corrected chi connectivity index (χ3v) is 7.85. The van der Waals surface area contributed by atoms with Crippen molar-refractivity contribution >= 4 is 44.4 Å². The first-order valence-electron chi connectivity index (χ1n) is 9.99. The Morgan fingerprint density at radius 3 is 2.52 bits per heavy atom. The van der Waals surface area contributed by atoms with Crippen molar-refractivity contribution in [1.82, 2.24) is 13.9 Å². The number of nitrogens with zero attached hydrogens (tertiary/aromatic N) is 3. The van der Waals surface area contributed by atoms with Crippen molar-refractivity contribution in [2.24, 2.45) is 0 Å². The smallest absolute Gasteiger partial charge is 0.243 e. The summed E-state index contributed by atoms with van der Waals surface area (Å²) in [4.78, 5) is 17.0. The summed E-state index contributed by atoms with van der Waals surface area (Å²) in [6.07, 6.45) is 0. The monoisotopic (exact) mass is 464 g/mol. The number of amides is 1. The van der Waals surface area contributed by atoms with Crippen LogP contribution in [0.15, 0.2) is 52.5 Å². The van der Waals surface area contributed by atoms with E-state index in [1.165, 1.54) is 28.2 Å². The Morgan fingerprint density at radius 1 is 1.16 bits per heavy atom. The lowest BCUT2D eigenvalue weighted by Gasteiger charge is -2.18. The number of aryl methyl sites for hydroxylation is 1. The second-order valence-electron chi connectivity index (χ2n) is 6.70. The zero-order valence-electron chi connectivity index (χ0n) is 17.6. The zero-order valence-corrected chi connectivity index (χ0v) is 19.3. The molecular formula is C21H25FN4O3S2. The van der Waals surface area contributed by atoms with Gasteiger partial charge in [0.2, 0.25) is 15.9 Å². The van der Waals surface area contributed by atoms with Crippen molar-refractivity contribution in [2.75, 3.05) is 24.2 Å². The maximum atomic E-state index is 13.7. The molecule has 1 heterocycles. The van der Waals surface area contributed by atoms with E-state index in [2.05, 4.69) is 10.3 Å². The molecule has 0 atom stereocenters. The Morgan fingerprint density at radius 2 is 1.87 bits per heavy atom. The number of imidazole rings is 1. The van der Waals surface area contributed by atoms with Gasteiger partial charge in [-0.2, -0.15) is 4.31 Å². The molecule has 0 bridgehead atoms. The predicted octanol–water partition coefficient (Wildman–Crippen LogP) is 3.96. The van der Waals surface area contributed by atoms with Crippen molar-refractivity contribution in [3.63, 3.8) is 0 Å². The summed E-state index contributed by atoms with van der Waals surface area (Å²) >= 11 is 1.22. The summed E-state index contributed by atoms with van der Waals surface area (Å²) in [5.74, 6) is -0.805. The molecule has 1 aromatic heterocycles. The maximum Gasteiger partial charge on any atom is 0.243 e. The van der Waals surface area contributed by atoms with Gasteiger partial charge in [-0.3, -0.25) is 4.79 Å². The number of para-hydroxylation sites is 1. The number of halogens is 1. The van der Waals surface area contributed by atoms with E-state index in [4.69, 9.17) is 0 Å². The van der Waals surface area contributed by atoms with E-state index in [1.54, 1.807) is 44.2 Å². The number of nitrogens with one attached hydrogen (secondary N) is 1. The fourth-order valence-electron chi connectivity index (χ4n) is 3.26. The number of fused-ring (bicyclic) bond motifs is 1. The highest BCUT2D eigenvalue weighted by atomic mass is 32.2. The van der Waals surface area contributed by atoms with E-state index in [0.29, 0.717) is 30.3 Å². The summed E-state index contributed by atoms with van der Waals surface area (Å²) in [6, 6.07) is 10.9. The van der Waals surface area contributed by atoms with Gasteiger partial charge in [0.05, 0.1) is 27.4 Å². The van der Waals surface area contributed by atoms with Crippen LogP contribution in [0.4, 0.5) is 10.1 Å². The molecule has 0 radical (unpaired) electrons. The largest absolute Gasteiger partial charge is 0.323 e. The van der Waals surface area contributed by atoms with Crippen LogP contribution in [-0.4, -0.2) is 47.0 Å². The van der Waals surface area contributed by atoms with Gasteiger partial charge in [-0.05, 0) is 37.3 Å². The highest BCUT2D eigenvalue weighted by molar-refractivity contribution is 7.99. The van der Waals surface area contributed by atoms with Gasteiger partial charge in [-0.15, -0.1) is 0 Å². The number of carbonyl (C=O) groups excluding carboxylic acids is 1. The van der Waals surface area contributed by atoms with Crippen molar-refractivity contribution in [2.45, 2.75) is 37.4 Å². The first kappa shape index (κ1) is 23.2. The van der Waals surface area contributed by atoms with E-state index in [1.807, 2.05) is 11.5 Å². The molecular weight excluding hydrogens is 439 g/mol. The summed E-state index contributed by atoms with van der Waals surface area (Å²) in [6.45, 7) is 6.93. The highest BCUT2D eigenvalue weighted by Crippen LogP contribution is 2.27. The van der Waals surface area contributed by atoms with Crippen molar-refractivity contribution in [3.05, 3.63) is 48.3 Å². The van der Waals surface area contributed by atoms with Crippen LogP contribution < -0.4 is 5.32 Å². The Balaban J connectivity index is 1.83. The SMILES string of the molecule is CCN(CC)S(=O)(=O)c1ccc2c(c1)nc(SCC(=O)Nc1ccccc1F)n2CC. The van der Waals surface area contributed by atoms with Crippen LogP contribution in [0.3, 0.4) is 0 Å².